The highest BCUT2D eigenvalue weighted by molar-refractivity contribution is 7.09. The zero-order valence-electron chi connectivity index (χ0n) is 10.3. The maximum atomic E-state index is 12.0. The van der Waals surface area contributed by atoms with E-state index >= 15 is 0 Å². The standard InChI is InChI=1S/C11H19N3OS.ClH/c1-3-5-6-14(4-2)11(15)9-8-16-10(7-12)13-9;/h8H,3-7,12H2,1-2H3;1H. The third kappa shape index (κ3) is 4.61. The van der Waals surface area contributed by atoms with Crippen LogP contribution in [0.15, 0.2) is 5.38 Å². The second-order valence-electron chi connectivity index (χ2n) is 3.57. The van der Waals surface area contributed by atoms with Crippen LogP contribution in [-0.2, 0) is 6.54 Å². The van der Waals surface area contributed by atoms with E-state index < -0.39 is 0 Å². The van der Waals surface area contributed by atoms with Gasteiger partial charge in [-0.3, -0.25) is 4.79 Å². The van der Waals surface area contributed by atoms with Crippen LogP contribution in [0.2, 0.25) is 0 Å². The number of nitrogens with two attached hydrogens (primary N) is 1. The highest BCUT2D eigenvalue weighted by atomic mass is 35.5. The second kappa shape index (κ2) is 8.44. The number of rotatable bonds is 6. The topological polar surface area (TPSA) is 59.2 Å². The van der Waals surface area contributed by atoms with Crippen LogP contribution >= 0.6 is 23.7 Å². The van der Waals surface area contributed by atoms with E-state index in [1.165, 1.54) is 11.3 Å². The van der Waals surface area contributed by atoms with E-state index in [9.17, 15) is 4.79 Å². The molecule has 1 aromatic heterocycles. The van der Waals surface area contributed by atoms with Crippen molar-refractivity contribution >= 4 is 29.7 Å². The molecule has 2 N–H and O–H groups in total. The van der Waals surface area contributed by atoms with Crippen LogP contribution in [0, 0.1) is 0 Å². The smallest absolute Gasteiger partial charge is 0.273 e. The number of carbonyl (C=O) groups excluding carboxylic acids is 1. The van der Waals surface area contributed by atoms with Gasteiger partial charge in [0.1, 0.15) is 10.7 Å². The van der Waals surface area contributed by atoms with E-state index in [0.717, 1.165) is 30.9 Å². The molecule has 0 unspecified atom stereocenters. The molecule has 0 saturated heterocycles. The highest BCUT2D eigenvalue weighted by Crippen LogP contribution is 2.11. The Bertz CT molecular complexity index is 343. The Kier molecular flexibility index (Phi) is 8.12. The molecule has 6 heteroatoms. The third-order valence-corrected chi connectivity index (χ3v) is 3.27. The predicted octanol–water partition coefficient (Wildman–Crippen LogP) is 2.29. The third-order valence-electron chi connectivity index (χ3n) is 2.40. The zero-order chi connectivity index (χ0) is 12.0. The average molecular weight is 278 g/mol. The van der Waals surface area contributed by atoms with E-state index in [-0.39, 0.29) is 18.3 Å². The van der Waals surface area contributed by atoms with Gasteiger partial charge in [-0.25, -0.2) is 4.98 Å². The monoisotopic (exact) mass is 277 g/mol. The van der Waals surface area contributed by atoms with Crippen molar-refractivity contribution in [1.82, 2.24) is 9.88 Å². The Morgan fingerprint density at radius 3 is 2.71 bits per heavy atom. The maximum absolute atomic E-state index is 12.0. The minimum atomic E-state index is 0. The van der Waals surface area contributed by atoms with Crippen LogP contribution in [0.25, 0.3) is 0 Å². The number of unbranched alkanes of at least 4 members (excludes halogenated alkanes) is 1. The van der Waals surface area contributed by atoms with Gasteiger partial charge in [-0.05, 0) is 13.3 Å². The number of nitrogens with zero attached hydrogens (tertiary/aromatic N) is 2. The number of thiazole rings is 1. The first-order valence-corrected chi connectivity index (χ1v) is 6.54. The van der Waals surface area contributed by atoms with Crippen LogP contribution in [0.3, 0.4) is 0 Å². The van der Waals surface area contributed by atoms with Gasteiger partial charge >= 0.3 is 0 Å². The van der Waals surface area contributed by atoms with Crippen molar-refractivity contribution < 1.29 is 4.79 Å². The zero-order valence-corrected chi connectivity index (χ0v) is 11.9. The van der Waals surface area contributed by atoms with Crippen molar-refractivity contribution in [2.45, 2.75) is 33.2 Å². The molecule has 98 valence electrons. The molecule has 0 aliphatic heterocycles. The lowest BCUT2D eigenvalue weighted by molar-refractivity contribution is 0.0757. The summed E-state index contributed by atoms with van der Waals surface area (Å²) in [6, 6.07) is 0. The van der Waals surface area contributed by atoms with Crippen molar-refractivity contribution in [2.75, 3.05) is 13.1 Å². The summed E-state index contributed by atoms with van der Waals surface area (Å²) in [6.45, 7) is 6.05. The summed E-state index contributed by atoms with van der Waals surface area (Å²) in [5.74, 6) is 0.0203. The Hall–Kier alpha value is -0.650. The van der Waals surface area contributed by atoms with E-state index in [1.807, 2.05) is 11.8 Å². The number of hydrogen-bond acceptors (Lipinski definition) is 4. The van der Waals surface area contributed by atoms with E-state index in [0.29, 0.717) is 12.2 Å². The molecule has 0 radical (unpaired) electrons. The number of carbonyl (C=O) groups is 1. The van der Waals surface area contributed by atoms with Crippen molar-refractivity contribution in [2.24, 2.45) is 5.73 Å². The maximum Gasteiger partial charge on any atom is 0.273 e. The summed E-state index contributed by atoms with van der Waals surface area (Å²) in [6.07, 6.45) is 2.13. The summed E-state index contributed by atoms with van der Waals surface area (Å²) in [4.78, 5) is 18.1. The molecule has 0 fully saturated rings. The van der Waals surface area contributed by atoms with Gasteiger partial charge in [-0.2, -0.15) is 0 Å². The van der Waals surface area contributed by atoms with Crippen LogP contribution in [0.4, 0.5) is 0 Å². The molecule has 1 amide bonds. The summed E-state index contributed by atoms with van der Waals surface area (Å²) in [5.41, 5.74) is 6.01. The first-order chi connectivity index (χ1) is 7.72. The Morgan fingerprint density at radius 1 is 1.53 bits per heavy atom. The SMILES string of the molecule is CCCCN(CC)C(=O)c1csc(CN)n1.Cl. The van der Waals surface area contributed by atoms with Gasteiger partial charge in [0.15, 0.2) is 0 Å². The van der Waals surface area contributed by atoms with Gasteiger partial charge in [0.25, 0.3) is 5.91 Å². The molecule has 0 bridgehead atoms. The quantitative estimate of drug-likeness (QED) is 0.868. The fraction of sp³-hybridized carbons (Fsp3) is 0.636. The molecule has 0 atom stereocenters. The molecule has 0 aromatic carbocycles. The fourth-order valence-electron chi connectivity index (χ4n) is 1.42. The average Bonchev–Trinajstić information content (AvgIpc) is 2.78. The van der Waals surface area contributed by atoms with Gasteiger partial charge in [0.05, 0.1) is 0 Å². The highest BCUT2D eigenvalue weighted by Gasteiger charge is 2.16. The first-order valence-electron chi connectivity index (χ1n) is 5.66. The predicted molar refractivity (Wildman–Crippen MR) is 73.7 cm³/mol. The molecule has 0 saturated carbocycles. The van der Waals surface area contributed by atoms with Crippen molar-refractivity contribution in [3.63, 3.8) is 0 Å². The summed E-state index contributed by atoms with van der Waals surface area (Å²) in [7, 11) is 0. The summed E-state index contributed by atoms with van der Waals surface area (Å²) >= 11 is 1.45. The number of hydrogen-bond donors (Lipinski definition) is 1. The lowest BCUT2D eigenvalue weighted by Crippen LogP contribution is -2.32. The van der Waals surface area contributed by atoms with Crippen LogP contribution in [-0.4, -0.2) is 28.9 Å². The Morgan fingerprint density at radius 2 is 2.24 bits per heavy atom. The van der Waals surface area contributed by atoms with Crippen molar-refractivity contribution in [3.05, 3.63) is 16.1 Å². The molecule has 1 aromatic rings. The molecule has 1 rings (SSSR count). The number of aromatic nitrogens is 1. The number of amides is 1. The van der Waals surface area contributed by atoms with Gasteiger partial charge < -0.3 is 10.6 Å². The first kappa shape index (κ1) is 16.4. The van der Waals surface area contributed by atoms with Gasteiger partial charge in [-0.15, -0.1) is 23.7 Å². The van der Waals surface area contributed by atoms with Gasteiger partial charge in [0, 0.05) is 25.0 Å². The lowest BCUT2D eigenvalue weighted by Gasteiger charge is -2.19. The molecule has 0 aliphatic rings. The largest absolute Gasteiger partial charge is 0.338 e. The van der Waals surface area contributed by atoms with Crippen molar-refractivity contribution in [3.8, 4) is 0 Å². The molecule has 1 heterocycles. The fourth-order valence-corrected chi connectivity index (χ4v) is 2.07. The summed E-state index contributed by atoms with van der Waals surface area (Å²) < 4.78 is 0. The molecule has 4 nitrogen and oxygen atoms in total. The minimum Gasteiger partial charge on any atom is -0.338 e. The Balaban J connectivity index is 0.00000256. The minimum absolute atomic E-state index is 0. The van der Waals surface area contributed by atoms with Crippen LogP contribution in [0.1, 0.15) is 42.2 Å². The lowest BCUT2D eigenvalue weighted by atomic mass is 10.3. The molecule has 17 heavy (non-hydrogen) atoms. The van der Waals surface area contributed by atoms with Gasteiger partial charge in [0.2, 0.25) is 0 Å². The molecule has 0 spiro atoms. The molecular formula is C11H20ClN3OS. The molecular weight excluding hydrogens is 258 g/mol. The van der Waals surface area contributed by atoms with Crippen molar-refractivity contribution in [1.29, 1.82) is 0 Å². The van der Waals surface area contributed by atoms with E-state index in [1.54, 1.807) is 5.38 Å². The summed E-state index contributed by atoms with van der Waals surface area (Å²) in [5, 5.41) is 2.61. The Labute approximate surface area is 113 Å². The van der Waals surface area contributed by atoms with Crippen LogP contribution < -0.4 is 5.73 Å². The number of halogens is 1. The second-order valence-corrected chi connectivity index (χ2v) is 4.51. The van der Waals surface area contributed by atoms with E-state index in [4.69, 9.17) is 5.73 Å². The van der Waals surface area contributed by atoms with Gasteiger partial charge in [-0.1, -0.05) is 13.3 Å². The molecule has 0 aliphatic carbocycles. The van der Waals surface area contributed by atoms with Crippen LogP contribution in [0.5, 0.6) is 0 Å². The normalized spacial score (nSPS) is 9.82. The van der Waals surface area contributed by atoms with E-state index in [2.05, 4.69) is 11.9 Å².